The number of aromatic nitrogens is 3. The minimum Gasteiger partial charge on any atom is -0.311 e. The number of hydrogen-bond donors (Lipinski definition) is 1. The quantitative estimate of drug-likeness (QED) is 0.735. The lowest BCUT2D eigenvalue weighted by Crippen LogP contribution is -2.30. The van der Waals surface area contributed by atoms with Gasteiger partial charge in [-0.05, 0) is 13.0 Å². The Morgan fingerprint density at radius 2 is 2.29 bits per heavy atom. The first-order valence-corrected chi connectivity index (χ1v) is 6.35. The fraction of sp³-hybridized carbons (Fsp3) is 0.667. The maximum atomic E-state index is 4.14. The van der Waals surface area contributed by atoms with Crippen molar-refractivity contribution in [1.29, 1.82) is 0 Å². The lowest BCUT2D eigenvalue weighted by atomic mass is 10.2. The molecule has 0 aromatic carbocycles. The Balaban J connectivity index is 1.74. The number of nitrogens with one attached hydrogen (secondary N) is 1. The van der Waals surface area contributed by atoms with Crippen molar-refractivity contribution < 1.29 is 0 Å². The van der Waals surface area contributed by atoms with Crippen LogP contribution in [0.15, 0.2) is 18.3 Å². The summed E-state index contributed by atoms with van der Waals surface area (Å²) in [5.41, 5.74) is 1.02. The van der Waals surface area contributed by atoms with Crippen molar-refractivity contribution in [2.24, 2.45) is 0 Å². The molecular weight excluding hydrogens is 214 g/mol. The van der Waals surface area contributed by atoms with Crippen molar-refractivity contribution in [3.8, 4) is 0 Å². The maximum absolute atomic E-state index is 4.14. The molecule has 0 fully saturated rings. The van der Waals surface area contributed by atoms with E-state index in [9.17, 15) is 0 Å². The fourth-order valence-electron chi connectivity index (χ4n) is 1.92. The van der Waals surface area contributed by atoms with Gasteiger partial charge in [0.05, 0.1) is 12.2 Å². The van der Waals surface area contributed by atoms with Crippen LogP contribution in [0.4, 0.5) is 0 Å². The van der Waals surface area contributed by atoms with Gasteiger partial charge in [0, 0.05) is 32.4 Å². The summed E-state index contributed by atoms with van der Waals surface area (Å²) in [6.07, 6.45) is 7.69. The van der Waals surface area contributed by atoms with Crippen LogP contribution in [0.2, 0.25) is 0 Å². The van der Waals surface area contributed by atoms with Gasteiger partial charge in [-0.1, -0.05) is 24.3 Å². The number of nitrogens with zero attached hydrogens (tertiary/aromatic N) is 4. The Morgan fingerprint density at radius 1 is 1.35 bits per heavy atom. The van der Waals surface area contributed by atoms with Crippen molar-refractivity contribution in [2.75, 3.05) is 26.2 Å². The largest absolute Gasteiger partial charge is 0.311 e. The van der Waals surface area contributed by atoms with Gasteiger partial charge >= 0.3 is 0 Å². The number of hydrogen-bond acceptors (Lipinski definition) is 4. The van der Waals surface area contributed by atoms with Crippen molar-refractivity contribution in [3.05, 3.63) is 24.0 Å². The maximum Gasteiger partial charge on any atom is 0.0964 e. The molecule has 5 nitrogen and oxygen atoms in total. The van der Waals surface area contributed by atoms with Crippen LogP contribution in [0.25, 0.3) is 0 Å². The molecule has 0 radical (unpaired) electrons. The molecule has 1 aliphatic rings. The lowest BCUT2D eigenvalue weighted by molar-refractivity contribution is 0.280. The Morgan fingerprint density at radius 3 is 3.06 bits per heavy atom. The minimum absolute atomic E-state index is 0.808. The third-order valence-electron chi connectivity index (χ3n) is 2.93. The third kappa shape index (κ3) is 3.94. The molecule has 17 heavy (non-hydrogen) atoms. The second-order valence-corrected chi connectivity index (χ2v) is 4.31. The van der Waals surface area contributed by atoms with Crippen LogP contribution >= 0.6 is 0 Å². The monoisotopic (exact) mass is 235 g/mol. The highest BCUT2D eigenvalue weighted by molar-refractivity contribution is 4.92. The SMILES string of the molecule is CCNCc1cn(CCN2CC=CCC2)nn1. The Hall–Kier alpha value is -1.20. The predicted octanol–water partition coefficient (Wildman–Crippen LogP) is 0.649. The van der Waals surface area contributed by atoms with Crippen LogP contribution in [-0.4, -0.2) is 46.1 Å². The van der Waals surface area contributed by atoms with E-state index in [1.165, 1.54) is 6.42 Å². The molecule has 1 aromatic heterocycles. The number of rotatable bonds is 6. The van der Waals surface area contributed by atoms with Gasteiger partial charge in [-0.3, -0.25) is 9.58 Å². The van der Waals surface area contributed by atoms with Crippen molar-refractivity contribution in [2.45, 2.75) is 26.4 Å². The summed E-state index contributed by atoms with van der Waals surface area (Å²) in [6, 6.07) is 0. The van der Waals surface area contributed by atoms with Gasteiger partial charge in [0.1, 0.15) is 0 Å². The van der Waals surface area contributed by atoms with Gasteiger partial charge in [0.15, 0.2) is 0 Å². The molecule has 0 atom stereocenters. The minimum atomic E-state index is 0.808. The predicted molar refractivity (Wildman–Crippen MR) is 67.6 cm³/mol. The lowest BCUT2D eigenvalue weighted by Gasteiger charge is -2.22. The molecule has 0 unspecified atom stereocenters. The smallest absolute Gasteiger partial charge is 0.0964 e. The molecule has 0 saturated carbocycles. The normalized spacial score (nSPS) is 16.5. The van der Waals surface area contributed by atoms with Gasteiger partial charge in [0.2, 0.25) is 0 Å². The zero-order chi connectivity index (χ0) is 11.9. The summed E-state index contributed by atoms with van der Waals surface area (Å²) in [6.45, 7) is 8.07. The van der Waals surface area contributed by atoms with Crippen LogP contribution in [0.1, 0.15) is 19.0 Å². The van der Waals surface area contributed by atoms with Crippen molar-refractivity contribution in [1.82, 2.24) is 25.2 Å². The summed E-state index contributed by atoms with van der Waals surface area (Å²) in [5.74, 6) is 0. The summed E-state index contributed by atoms with van der Waals surface area (Å²) in [7, 11) is 0. The Bertz CT molecular complexity index is 358. The molecule has 0 aliphatic carbocycles. The van der Waals surface area contributed by atoms with E-state index in [1.54, 1.807) is 0 Å². The average molecular weight is 235 g/mol. The molecule has 94 valence electrons. The van der Waals surface area contributed by atoms with Crippen molar-refractivity contribution >= 4 is 0 Å². The topological polar surface area (TPSA) is 46.0 Å². The van der Waals surface area contributed by atoms with E-state index in [1.807, 2.05) is 10.9 Å². The van der Waals surface area contributed by atoms with Crippen LogP contribution < -0.4 is 5.32 Å². The molecule has 0 bridgehead atoms. The van der Waals surface area contributed by atoms with Crippen LogP contribution in [0.5, 0.6) is 0 Å². The highest BCUT2D eigenvalue weighted by Crippen LogP contribution is 2.01. The first-order valence-electron chi connectivity index (χ1n) is 6.35. The van der Waals surface area contributed by atoms with Crippen LogP contribution in [0.3, 0.4) is 0 Å². The summed E-state index contributed by atoms with van der Waals surface area (Å²) >= 11 is 0. The highest BCUT2D eigenvalue weighted by atomic mass is 15.4. The van der Waals surface area contributed by atoms with E-state index >= 15 is 0 Å². The van der Waals surface area contributed by atoms with Gasteiger partial charge in [0.25, 0.3) is 0 Å². The van der Waals surface area contributed by atoms with Gasteiger partial charge in [-0.25, -0.2) is 0 Å². The molecule has 1 aromatic rings. The molecular formula is C12H21N5. The molecule has 5 heteroatoms. The van der Waals surface area contributed by atoms with Gasteiger partial charge < -0.3 is 5.32 Å². The molecule has 0 spiro atoms. The molecule has 1 aliphatic heterocycles. The second kappa shape index (κ2) is 6.51. The Kier molecular flexibility index (Phi) is 4.70. The zero-order valence-electron chi connectivity index (χ0n) is 10.5. The molecule has 2 heterocycles. The fourth-order valence-corrected chi connectivity index (χ4v) is 1.92. The van der Waals surface area contributed by atoms with Gasteiger partial charge in [-0.15, -0.1) is 5.10 Å². The van der Waals surface area contributed by atoms with E-state index in [-0.39, 0.29) is 0 Å². The zero-order valence-corrected chi connectivity index (χ0v) is 10.5. The second-order valence-electron chi connectivity index (χ2n) is 4.31. The summed E-state index contributed by atoms with van der Waals surface area (Å²) in [5, 5.41) is 11.5. The van der Waals surface area contributed by atoms with E-state index in [4.69, 9.17) is 0 Å². The van der Waals surface area contributed by atoms with E-state index in [0.717, 1.165) is 45.0 Å². The Labute approximate surface area is 102 Å². The summed E-state index contributed by atoms with van der Waals surface area (Å²) in [4.78, 5) is 2.44. The van der Waals surface area contributed by atoms with E-state index in [0.29, 0.717) is 0 Å². The van der Waals surface area contributed by atoms with Gasteiger partial charge in [-0.2, -0.15) is 0 Å². The van der Waals surface area contributed by atoms with E-state index < -0.39 is 0 Å². The highest BCUT2D eigenvalue weighted by Gasteiger charge is 2.06. The van der Waals surface area contributed by atoms with Crippen LogP contribution in [0, 0.1) is 0 Å². The third-order valence-corrected chi connectivity index (χ3v) is 2.93. The van der Waals surface area contributed by atoms with E-state index in [2.05, 4.69) is 39.6 Å². The van der Waals surface area contributed by atoms with Crippen LogP contribution in [-0.2, 0) is 13.1 Å². The molecule has 2 rings (SSSR count). The first-order chi connectivity index (χ1) is 8.38. The summed E-state index contributed by atoms with van der Waals surface area (Å²) < 4.78 is 1.94. The molecule has 1 N–H and O–H groups in total. The molecule has 0 saturated heterocycles. The standard InChI is InChI=1S/C12H21N5/c1-2-13-10-12-11-17(15-14-12)9-8-16-6-4-3-5-7-16/h3-4,11,13H,2,5-10H2,1H3. The van der Waals surface area contributed by atoms with Crippen molar-refractivity contribution in [3.63, 3.8) is 0 Å². The average Bonchev–Trinajstić information content (AvgIpc) is 2.83. The molecule has 0 amide bonds. The first kappa shape index (κ1) is 12.3.